The standard InChI is InChI=1S/C19H26N2O4/c1-5-7-20-16(22)11-21(4)10-15-18(24)13(6-2)9-14-12(3)8-17(23)25-19(14)15/h8-9,24H,5-7,10-11H2,1-4H3,(H,20,22)/p+1. The van der Waals surface area contributed by atoms with Crippen LogP contribution in [0, 0.1) is 6.92 Å². The van der Waals surface area contributed by atoms with Crippen molar-refractivity contribution in [2.75, 3.05) is 20.1 Å². The average molecular weight is 347 g/mol. The Labute approximate surface area is 147 Å². The van der Waals surface area contributed by atoms with E-state index in [-0.39, 0.29) is 18.2 Å². The van der Waals surface area contributed by atoms with Crippen LogP contribution >= 0.6 is 0 Å². The fourth-order valence-electron chi connectivity index (χ4n) is 2.96. The molecule has 1 unspecified atom stereocenters. The molecule has 1 atom stereocenters. The average Bonchev–Trinajstić information content (AvgIpc) is 2.55. The van der Waals surface area contributed by atoms with Crippen molar-refractivity contribution in [3.05, 3.63) is 39.2 Å². The highest BCUT2D eigenvalue weighted by atomic mass is 16.4. The predicted molar refractivity (Wildman–Crippen MR) is 97.0 cm³/mol. The number of nitrogens with one attached hydrogen (secondary N) is 2. The van der Waals surface area contributed by atoms with Gasteiger partial charge in [-0.05, 0) is 37.0 Å². The van der Waals surface area contributed by atoms with Crippen LogP contribution in [0.2, 0.25) is 0 Å². The van der Waals surface area contributed by atoms with Crippen molar-refractivity contribution >= 4 is 16.9 Å². The Balaban J connectivity index is 2.40. The number of aryl methyl sites for hydroxylation is 2. The van der Waals surface area contributed by atoms with Gasteiger partial charge in [0, 0.05) is 18.0 Å². The van der Waals surface area contributed by atoms with Crippen LogP contribution in [0.1, 0.15) is 37.0 Å². The van der Waals surface area contributed by atoms with Gasteiger partial charge in [-0.25, -0.2) is 4.79 Å². The largest absolute Gasteiger partial charge is 0.507 e. The molecule has 1 aromatic carbocycles. The molecule has 1 aromatic heterocycles. The molecule has 0 radical (unpaired) electrons. The number of likely N-dealkylation sites (N-methyl/N-ethyl adjacent to an activating group) is 1. The van der Waals surface area contributed by atoms with E-state index in [4.69, 9.17) is 4.42 Å². The van der Waals surface area contributed by atoms with Gasteiger partial charge in [-0.15, -0.1) is 0 Å². The number of quaternary nitrogens is 1. The third kappa shape index (κ3) is 4.39. The number of hydrogen-bond acceptors (Lipinski definition) is 4. The second kappa shape index (κ2) is 8.16. The molecule has 6 nitrogen and oxygen atoms in total. The monoisotopic (exact) mass is 347 g/mol. The number of carbonyl (C=O) groups is 1. The van der Waals surface area contributed by atoms with Crippen LogP contribution in [0.5, 0.6) is 5.75 Å². The summed E-state index contributed by atoms with van der Waals surface area (Å²) in [4.78, 5) is 24.6. The number of carbonyl (C=O) groups excluding carboxylic acids is 1. The van der Waals surface area contributed by atoms with Gasteiger partial charge in [0.15, 0.2) is 12.1 Å². The first-order valence-electron chi connectivity index (χ1n) is 8.73. The molecule has 0 bridgehead atoms. The van der Waals surface area contributed by atoms with E-state index >= 15 is 0 Å². The van der Waals surface area contributed by atoms with Crippen molar-refractivity contribution in [1.29, 1.82) is 0 Å². The van der Waals surface area contributed by atoms with Gasteiger partial charge in [0.05, 0.1) is 12.6 Å². The zero-order valence-electron chi connectivity index (χ0n) is 15.4. The molecule has 0 aliphatic heterocycles. The number of amides is 1. The van der Waals surface area contributed by atoms with E-state index in [1.807, 2.05) is 33.9 Å². The third-order valence-corrected chi connectivity index (χ3v) is 4.28. The fraction of sp³-hybridized carbons (Fsp3) is 0.474. The molecule has 0 aliphatic rings. The second-order valence-corrected chi connectivity index (χ2v) is 6.50. The zero-order valence-corrected chi connectivity index (χ0v) is 15.4. The number of rotatable bonds is 7. The summed E-state index contributed by atoms with van der Waals surface area (Å²) >= 11 is 0. The lowest BCUT2D eigenvalue weighted by Gasteiger charge is -2.17. The van der Waals surface area contributed by atoms with Crippen molar-refractivity contribution in [2.45, 2.75) is 40.2 Å². The van der Waals surface area contributed by atoms with Crippen LogP contribution in [0.25, 0.3) is 11.0 Å². The summed E-state index contributed by atoms with van der Waals surface area (Å²) in [7, 11) is 1.88. The van der Waals surface area contributed by atoms with Gasteiger partial charge in [-0.1, -0.05) is 13.8 Å². The Morgan fingerprint density at radius 3 is 2.68 bits per heavy atom. The molecule has 0 saturated heterocycles. The predicted octanol–water partition coefficient (Wildman–Crippen LogP) is 0.910. The molecule has 0 saturated carbocycles. The Bertz CT molecular complexity index is 826. The summed E-state index contributed by atoms with van der Waals surface area (Å²) in [5.41, 5.74) is 2.18. The maximum Gasteiger partial charge on any atom is 0.336 e. The third-order valence-electron chi connectivity index (χ3n) is 4.28. The molecule has 136 valence electrons. The molecule has 25 heavy (non-hydrogen) atoms. The topological polar surface area (TPSA) is 84.0 Å². The highest BCUT2D eigenvalue weighted by Gasteiger charge is 2.20. The molecule has 2 rings (SSSR count). The summed E-state index contributed by atoms with van der Waals surface area (Å²) < 4.78 is 5.40. The van der Waals surface area contributed by atoms with Crippen LogP contribution in [-0.2, 0) is 17.8 Å². The van der Waals surface area contributed by atoms with E-state index in [1.54, 1.807) is 0 Å². The second-order valence-electron chi connectivity index (χ2n) is 6.50. The Morgan fingerprint density at radius 1 is 1.32 bits per heavy atom. The number of benzene rings is 1. The summed E-state index contributed by atoms with van der Waals surface area (Å²) in [6, 6.07) is 3.33. The quantitative estimate of drug-likeness (QED) is 0.650. The molecule has 3 N–H and O–H groups in total. The van der Waals surface area contributed by atoms with Gasteiger partial charge in [-0.3, -0.25) is 4.79 Å². The molecular formula is C19H27N2O4+. The highest BCUT2D eigenvalue weighted by Crippen LogP contribution is 2.32. The lowest BCUT2D eigenvalue weighted by molar-refractivity contribution is -0.885. The maximum atomic E-state index is 11.9. The van der Waals surface area contributed by atoms with E-state index < -0.39 is 5.63 Å². The van der Waals surface area contributed by atoms with E-state index in [1.165, 1.54) is 6.07 Å². The van der Waals surface area contributed by atoms with Crippen molar-refractivity contribution < 1.29 is 19.2 Å². The maximum absolute atomic E-state index is 11.9. The molecule has 6 heteroatoms. The van der Waals surface area contributed by atoms with Gasteiger partial charge < -0.3 is 19.7 Å². The van der Waals surface area contributed by atoms with Crippen molar-refractivity contribution in [2.24, 2.45) is 0 Å². The van der Waals surface area contributed by atoms with Crippen LogP contribution < -0.4 is 15.8 Å². The summed E-state index contributed by atoms with van der Waals surface area (Å²) in [6.45, 7) is 7.15. The van der Waals surface area contributed by atoms with Gasteiger partial charge >= 0.3 is 5.63 Å². The smallest absolute Gasteiger partial charge is 0.336 e. The minimum atomic E-state index is -0.437. The highest BCUT2D eigenvalue weighted by molar-refractivity contribution is 5.86. The first-order chi connectivity index (χ1) is 11.9. The Kier molecular flexibility index (Phi) is 6.20. The van der Waals surface area contributed by atoms with Crippen LogP contribution in [0.3, 0.4) is 0 Å². The summed E-state index contributed by atoms with van der Waals surface area (Å²) in [5, 5.41) is 14.3. The molecule has 0 fully saturated rings. The molecule has 0 aliphatic carbocycles. The van der Waals surface area contributed by atoms with E-state index in [0.717, 1.165) is 27.8 Å². The first-order valence-corrected chi connectivity index (χ1v) is 8.73. The lowest BCUT2D eigenvalue weighted by atomic mass is 9.99. The van der Waals surface area contributed by atoms with Crippen LogP contribution in [-0.4, -0.2) is 31.2 Å². The minimum Gasteiger partial charge on any atom is -0.507 e. The SMILES string of the molecule is CCCNC(=O)C[NH+](C)Cc1c(O)c(CC)cc2c(C)cc(=O)oc12. The van der Waals surface area contributed by atoms with Gasteiger partial charge in [0.25, 0.3) is 5.91 Å². The van der Waals surface area contributed by atoms with Gasteiger partial charge in [-0.2, -0.15) is 0 Å². The number of phenolic OH excluding ortho intramolecular Hbond substituents is 1. The zero-order chi connectivity index (χ0) is 18.6. The minimum absolute atomic E-state index is 0.0348. The number of aromatic hydroxyl groups is 1. The molecule has 1 heterocycles. The number of fused-ring (bicyclic) bond motifs is 1. The van der Waals surface area contributed by atoms with Crippen LogP contribution in [0.15, 0.2) is 21.3 Å². The fourth-order valence-corrected chi connectivity index (χ4v) is 2.96. The molecule has 1 amide bonds. The normalized spacial score (nSPS) is 12.3. The summed E-state index contributed by atoms with van der Waals surface area (Å²) in [6.07, 6.45) is 1.56. The Morgan fingerprint density at radius 2 is 2.04 bits per heavy atom. The summed E-state index contributed by atoms with van der Waals surface area (Å²) in [5.74, 6) is 0.115. The Hall–Kier alpha value is -2.34. The van der Waals surface area contributed by atoms with E-state index in [9.17, 15) is 14.7 Å². The van der Waals surface area contributed by atoms with Crippen molar-refractivity contribution in [3.8, 4) is 5.75 Å². The number of hydrogen-bond donors (Lipinski definition) is 3. The molecule has 0 spiro atoms. The lowest BCUT2D eigenvalue weighted by Crippen LogP contribution is -3.08. The van der Waals surface area contributed by atoms with E-state index in [2.05, 4.69) is 5.32 Å². The van der Waals surface area contributed by atoms with Gasteiger partial charge in [0.2, 0.25) is 0 Å². The number of phenols is 1. The van der Waals surface area contributed by atoms with E-state index in [0.29, 0.717) is 30.7 Å². The van der Waals surface area contributed by atoms with Gasteiger partial charge in [0.1, 0.15) is 12.3 Å². The van der Waals surface area contributed by atoms with Crippen molar-refractivity contribution in [1.82, 2.24) is 5.32 Å². The molecular weight excluding hydrogens is 320 g/mol. The van der Waals surface area contributed by atoms with Crippen molar-refractivity contribution in [3.63, 3.8) is 0 Å². The molecule has 2 aromatic rings. The first kappa shape index (κ1) is 19.0. The van der Waals surface area contributed by atoms with Crippen LogP contribution in [0.4, 0.5) is 0 Å².